The number of nitrogens with zero attached hydrogens (tertiary/aromatic N) is 1. The fourth-order valence-electron chi connectivity index (χ4n) is 2.27. The van der Waals surface area contributed by atoms with E-state index in [0.717, 1.165) is 29.6 Å². The lowest BCUT2D eigenvalue weighted by Crippen LogP contribution is -2.14. The summed E-state index contributed by atoms with van der Waals surface area (Å²) in [7, 11) is 4.09. The molecular formula is C15H21FN2O. The van der Waals surface area contributed by atoms with Crippen LogP contribution in [0.15, 0.2) is 18.3 Å². The van der Waals surface area contributed by atoms with Crippen LogP contribution in [0.1, 0.15) is 18.1 Å². The quantitative estimate of drug-likeness (QED) is 0.868. The van der Waals surface area contributed by atoms with Gasteiger partial charge >= 0.3 is 0 Å². The molecule has 0 saturated heterocycles. The first-order valence-corrected chi connectivity index (χ1v) is 6.62. The highest BCUT2D eigenvalue weighted by molar-refractivity contribution is 5.91. The molecule has 0 aliphatic rings. The highest BCUT2D eigenvalue weighted by Crippen LogP contribution is 2.32. The number of nitrogens with one attached hydrogen (secondary N) is 1. The van der Waals surface area contributed by atoms with Crippen molar-refractivity contribution in [1.82, 2.24) is 9.88 Å². The maximum Gasteiger partial charge on any atom is 0.128 e. The maximum atomic E-state index is 13.0. The first-order valence-electron chi connectivity index (χ1n) is 6.62. The summed E-state index contributed by atoms with van der Waals surface area (Å²) in [5, 5.41) is 1.03. The minimum absolute atomic E-state index is 0.462. The highest BCUT2D eigenvalue weighted by Gasteiger charge is 2.13. The molecule has 2 rings (SSSR count). The Hall–Kier alpha value is -1.55. The number of rotatable bonds is 6. The number of aromatic amines is 1. The van der Waals surface area contributed by atoms with Gasteiger partial charge in [0, 0.05) is 23.7 Å². The largest absolute Gasteiger partial charge is 0.493 e. The number of hydrogen-bond donors (Lipinski definition) is 1. The Kier molecular flexibility index (Phi) is 4.43. The summed E-state index contributed by atoms with van der Waals surface area (Å²) in [6.45, 7) is 3.07. The zero-order chi connectivity index (χ0) is 13.8. The van der Waals surface area contributed by atoms with E-state index in [-0.39, 0.29) is 0 Å². The van der Waals surface area contributed by atoms with Gasteiger partial charge in [-0.1, -0.05) is 6.07 Å². The molecule has 0 saturated carbocycles. The van der Waals surface area contributed by atoms with Gasteiger partial charge in [0.25, 0.3) is 0 Å². The molecule has 104 valence electrons. The van der Waals surface area contributed by atoms with Gasteiger partial charge < -0.3 is 14.6 Å². The summed E-state index contributed by atoms with van der Waals surface area (Å²) in [5.41, 5.74) is 2.74. The number of H-pyrrole nitrogens is 1. The van der Waals surface area contributed by atoms with Gasteiger partial charge in [-0.15, -0.1) is 0 Å². The van der Waals surface area contributed by atoms with Crippen molar-refractivity contribution in [1.29, 1.82) is 0 Å². The molecule has 2 aromatic rings. The van der Waals surface area contributed by atoms with Gasteiger partial charge in [-0.2, -0.15) is 0 Å². The molecule has 1 aromatic carbocycles. The van der Waals surface area contributed by atoms with Crippen LogP contribution >= 0.6 is 0 Å². The summed E-state index contributed by atoms with van der Waals surface area (Å²) in [6.07, 6.45) is 2.89. The monoisotopic (exact) mass is 264 g/mol. The first-order chi connectivity index (χ1) is 9.17. The third-order valence-corrected chi connectivity index (χ3v) is 3.24. The van der Waals surface area contributed by atoms with Crippen LogP contribution in [0.5, 0.6) is 5.75 Å². The van der Waals surface area contributed by atoms with Crippen LogP contribution in [0.3, 0.4) is 0 Å². The molecule has 0 fully saturated rings. The fraction of sp³-hybridized carbons (Fsp3) is 0.467. The second-order valence-electron chi connectivity index (χ2n) is 4.91. The lowest BCUT2D eigenvalue weighted by molar-refractivity contribution is 0.344. The van der Waals surface area contributed by atoms with E-state index in [2.05, 4.69) is 9.88 Å². The average molecular weight is 264 g/mol. The van der Waals surface area contributed by atoms with Gasteiger partial charge in [-0.05, 0) is 39.1 Å². The number of likely N-dealkylation sites (N-methyl/N-ethyl adjacent to an activating group) is 1. The topological polar surface area (TPSA) is 28.3 Å². The lowest BCUT2D eigenvalue weighted by atomic mass is 10.1. The van der Waals surface area contributed by atoms with Gasteiger partial charge in [0.1, 0.15) is 12.4 Å². The molecule has 19 heavy (non-hydrogen) atoms. The molecule has 0 unspecified atom stereocenters. The Morgan fingerprint density at radius 2 is 2.05 bits per heavy atom. The predicted molar refractivity (Wildman–Crippen MR) is 76.5 cm³/mol. The molecule has 0 radical (unpaired) electrons. The van der Waals surface area contributed by atoms with Crippen molar-refractivity contribution in [3.05, 3.63) is 29.5 Å². The van der Waals surface area contributed by atoms with Crippen molar-refractivity contribution in [2.24, 2.45) is 0 Å². The standard InChI is InChI=1S/C15H21FN2O/c1-4-19-13-6-5-11(9-16)15-14(13)12(10-17-15)7-8-18(2)3/h5-6,10,17H,4,7-9H2,1-3H3. The van der Waals surface area contributed by atoms with E-state index in [9.17, 15) is 4.39 Å². The van der Waals surface area contributed by atoms with E-state index in [0.29, 0.717) is 12.2 Å². The zero-order valence-corrected chi connectivity index (χ0v) is 11.8. The molecule has 1 N–H and O–H groups in total. The molecule has 0 amide bonds. The normalized spacial score (nSPS) is 11.4. The van der Waals surface area contributed by atoms with Crippen molar-refractivity contribution in [2.75, 3.05) is 27.2 Å². The van der Waals surface area contributed by atoms with E-state index < -0.39 is 6.67 Å². The molecule has 1 aromatic heterocycles. The summed E-state index contributed by atoms with van der Waals surface area (Å²) < 4.78 is 18.7. The number of alkyl halides is 1. The van der Waals surface area contributed by atoms with Crippen molar-refractivity contribution in [3.63, 3.8) is 0 Å². The van der Waals surface area contributed by atoms with E-state index in [4.69, 9.17) is 4.74 Å². The van der Waals surface area contributed by atoms with Crippen LogP contribution in [-0.2, 0) is 13.1 Å². The number of aromatic nitrogens is 1. The van der Waals surface area contributed by atoms with Gasteiger partial charge in [0.2, 0.25) is 0 Å². The smallest absolute Gasteiger partial charge is 0.128 e. The van der Waals surface area contributed by atoms with Crippen LogP contribution in [0, 0.1) is 0 Å². The third-order valence-electron chi connectivity index (χ3n) is 3.24. The average Bonchev–Trinajstić information content (AvgIpc) is 2.81. The molecule has 3 nitrogen and oxygen atoms in total. The Balaban J connectivity index is 2.46. The summed E-state index contributed by atoms with van der Waals surface area (Å²) in [5.74, 6) is 0.838. The van der Waals surface area contributed by atoms with Crippen molar-refractivity contribution >= 4 is 10.9 Å². The van der Waals surface area contributed by atoms with Crippen LogP contribution in [0.4, 0.5) is 4.39 Å². The summed E-state index contributed by atoms with van der Waals surface area (Å²) in [4.78, 5) is 5.33. The fourth-order valence-corrected chi connectivity index (χ4v) is 2.27. The Bertz CT molecular complexity index is 548. The van der Waals surface area contributed by atoms with Crippen molar-refractivity contribution < 1.29 is 9.13 Å². The molecule has 1 heterocycles. The summed E-state index contributed by atoms with van der Waals surface area (Å²) >= 11 is 0. The second-order valence-corrected chi connectivity index (χ2v) is 4.91. The zero-order valence-electron chi connectivity index (χ0n) is 11.8. The number of benzene rings is 1. The van der Waals surface area contributed by atoms with Gasteiger partial charge in [0.05, 0.1) is 12.1 Å². The number of hydrogen-bond acceptors (Lipinski definition) is 2. The first kappa shape index (κ1) is 13.9. The lowest BCUT2D eigenvalue weighted by Gasteiger charge is -2.11. The molecule has 0 spiro atoms. The van der Waals surface area contributed by atoms with Gasteiger partial charge in [0.15, 0.2) is 0 Å². The Labute approximate surface area is 113 Å². The molecule has 0 bridgehead atoms. The van der Waals surface area contributed by atoms with E-state index >= 15 is 0 Å². The maximum absolute atomic E-state index is 13.0. The molecule has 0 aliphatic carbocycles. The van der Waals surface area contributed by atoms with Crippen LogP contribution in [0.2, 0.25) is 0 Å². The molecule has 0 aliphatic heterocycles. The minimum Gasteiger partial charge on any atom is -0.493 e. The number of ether oxygens (including phenoxy) is 1. The summed E-state index contributed by atoms with van der Waals surface area (Å²) in [6, 6.07) is 3.66. The van der Waals surface area contributed by atoms with Crippen LogP contribution < -0.4 is 4.74 Å². The van der Waals surface area contributed by atoms with Crippen LogP contribution in [0.25, 0.3) is 10.9 Å². The Morgan fingerprint density at radius 1 is 1.26 bits per heavy atom. The number of halogens is 1. The molecule has 0 atom stereocenters. The predicted octanol–water partition coefficient (Wildman–Crippen LogP) is 3.14. The van der Waals surface area contributed by atoms with E-state index in [1.807, 2.05) is 33.3 Å². The molecule has 4 heteroatoms. The van der Waals surface area contributed by atoms with E-state index in [1.54, 1.807) is 6.07 Å². The van der Waals surface area contributed by atoms with Gasteiger partial charge in [-0.3, -0.25) is 0 Å². The number of fused-ring (bicyclic) bond motifs is 1. The second kappa shape index (κ2) is 6.06. The third kappa shape index (κ3) is 2.89. The van der Waals surface area contributed by atoms with Crippen LogP contribution in [-0.4, -0.2) is 37.1 Å². The minimum atomic E-state index is -0.462. The van der Waals surface area contributed by atoms with Gasteiger partial charge in [-0.25, -0.2) is 4.39 Å². The SMILES string of the molecule is CCOc1ccc(CF)c2[nH]cc(CCN(C)C)c12. The van der Waals surface area contributed by atoms with Crippen molar-refractivity contribution in [2.45, 2.75) is 20.0 Å². The molecular weight excluding hydrogens is 243 g/mol. The Morgan fingerprint density at radius 3 is 2.68 bits per heavy atom. The van der Waals surface area contributed by atoms with Crippen molar-refractivity contribution in [3.8, 4) is 5.75 Å². The van der Waals surface area contributed by atoms with E-state index in [1.165, 1.54) is 5.56 Å². The highest BCUT2D eigenvalue weighted by atomic mass is 19.1.